The van der Waals surface area contributed by atoms with Crippen LogP contribution in [-0.4, -0.2) is 26.0 Å². The predicted molar refractivity (Wildman–Crippen MR) is 27.4 cm³/mol. The van der Waals surface area contributed by atoms with Crippen molar-refractivity contribution in [2.75, 3.05) is 6.54 Å². The smallest absolute Gasteiger partial charge is 0.220 e. The lowest BCUT2D eigenvalue weighted by molar-refractivity contribution is -0.114. The molecule has 0 aliphatic rings. The lowest BCUT2D eigenvalue weighted by Gasteiger charge is -2.15. The fourth-order valence-electron chi connectivity index (χ4n) is 0.215. The highest BCUT2D eigenvalue weighted by Gasteiger charge is 1.92. The lowest BCUT2D eigenvalue weighted by Crippen LogP contribution is -2.23. The topological polar surface area (TPSA) is 60.4 Å². The second-order valence-electron chi connectivity index (χ2n) is 1.06. The van der Waals surface area contributed by atoms with E-state index in [0.29, 0.717) is 4.31 Å². The fourth-order valence-corrected chi connectivity index (χ4v) is 0.496. The molecule has 0 saturated heterocycles. The minimum atomic E-state index is -2.39. The molecule has 8 heavy (non-hydrogen) atoms. The lowest BCUT2D eigenvalue weighted by atomic mass is 10.8. The zero-order chi connectivity index (χ0) is 6.57. The van der Waals surface area contributed by atoms with Crippen molar-refractivity contribution in [3.63, 3.8) is 0 Å². The monoisotopic (exact) mass is 136 g/mol. The van der Waals surface area contributed by atoms with Crippen LogP contribution in [0.3, 0.4) is 0 Å². The van der Waals surface area contributed by atoms with Gasteiger partial charge in [-0.3, -0.25) is 13.3 Å². The highest BCUT2D eigenvalue weighted by atomic mass is 32.2. The second kappa shape index (κ2) is 3.57. The van der Waals surface area contributed by atoms with Crippen molar-refractivity contribution < 1.29 is 13.6 Å². The van der Waals surface area contributed by atoms with E-state index in [2.05, 4.69) is 0 Å². The Morgan fingerprint density at radius 1 is 1.88 bits per heavy atom. The average molecular weight is 136 g/mol. The third-order valence-electron chi connectivity index (χ3n) is 0.621. The maximum absolute atomic E-state index is 9.86. The van der Waals surface area contributed by atoms with Crippen LogP contribution in [0.4, 0.5) is 0 Å². The maximum Gasteiger partial charge on any atom is 0.220 e. The minimum absolute atomic E-state index is 0.194. The molecule has 0 aromatic heterocycles. The van der Waals surface area contributed by atoms with Crippen molar-refractivity contribution >= 4 is 17.7 Å². The van der Waals surface area contributed by atoms with Crippen molar-refractivity contribution in [1.82, 2.24) is 4.31 Å². The largest absolute Gasteiger partial charge is 0.755 e. The van der Waals surface area contributed by atoms with Gasteiger partial charge in [0.25, 0.3) is 0 Å². The second-order valence-corrected chi connectivity index (χ2v) is 1.96. The molecule has 0 bridgehead atoms. The Morgan fingerprint density at radius 2 is 2.38 bits per heavy atom. The molecule has 5 heteroatoms. The molecule has 0 N–H and O–H groups in total. The van der Waals surface area contributed by atoms with Gasteiger partial charge in [-0.15, -0.1) is 0 Å². The molecule has 0 spiro atoms. The van der Waals surface area contributed by atoms with Gasteiger partial charge < -0.3 is 4.55 Å². The number of amides is 1. The van der Waals surface area contributed by atoms with Gasteiger partial charge in [-0.25, -0.2) is 0 Å². The number of nitrogens with zero attached hydrogens (tertiary/aromatic N) is 1. The van der Waals surface area contributed by atoms with E-state index < -0.39 is 11.3 Å². The summed E-state index contributed by atoms with van der Waals surface area (Å²) in [7, 11) is 0. The first-order valence-corrected chi connectivity index (χ1v) is 3.06. The molecule has 0 aromatic rings. The first-order chi connectivity index (χ1) is 3.72. The Kier molecular flexibility index (Phi) is 3.38. The molecule has 0 aliphatic heterocycles. The quantitative estimate of drug-likeness (QED) is 0.379. The number of carbonyl (C=O) groups excluding carboxylic acids is 1. The molecule has 0 aliphatic carbocycles. The van der Waals surface area contributed by atoms with Gasteiger partial charge in [0, 0.05) is 17.8 Å². The summed E-state index contributed by atoms with van der Waals surface area (Å²) in [5.41, 5.74) is 0. The predicted octanol–water partition coefficient (Wildman–Crippen LogP) is -0.741. The molecular formula is C3H6NO3S-. The molecule has 0 heterocycles. The van der Waals surface area contributed by atoms with Gasteiger partial charge in [0.1, 0.15) is 0 Å². The van der Waals surface area contributed by atoms with Gasteiger partial charge in [0.2, 0.25) is 6.41 Å². The van der Waals surface area contributed by atoms with Crippen LogP contribution in [0, 0.1) is 0 Å². The van der Waals surface area contributed by atoms with Gasteiger partial charge in [-0.2, -0.15) is 0 Å². The zero-order valence-corrected chi connectivity index (χ0v) is 5.18. The summed E-state index contributed by atoms with van der Waals surface area (Å²) < 4.78 is 20.4. The number of hydrogen-bond donors (Lipinski definition) is 0. The standard InChI is InChI=1S/C3H7NO3S/c1-2-4(3-5)8(6)7/h3H,2H2,1H3,(H,6,7)/p-1. The van der Waals surface area contributed by atoms with Gasteiger partial charge in [-0.05, 0) is 6.92 Å². The summed E-state index contributed by atoms with van der Waals surface area (Å²) in [6.07, 6.45) is 0.267. The number of hydrogen-bond acceptors (Lipinski definition) is 3. The molecule has 0 aromatic carbocycles. The van der Waals surface area contributed by atoms with Crippen LogP contribution in [0.15, 0.2) is 0 Å². The average Bonchev–Trinajstić information content (AvgIpc) is 1.69. The molecule has 48 valence electrons. The van der Waals surface area contributed by atoms with Crippen molar-refractivity contribution in [3.8, 4) is 0 Å². The van der Waals surface area contributed by atoms with Crippen molar-refractivity contribution in [2.45, 2.75) is 6.92 Å². The molecule has 0 rings (SSSR count). The summed E-state index contributed by atoms with van der Waals surface area (Å²) in [4.78, 5) is 9.71. The van der Waals surface area contributed by atoms with E-state index in [1.807, 2.05) is 0 Å². The molecule has 4 nitrogen and oxygen atoms in total. The Bertz CT molecular complexity index is 105. The van der Waals surface area contributed by atoms with E-state index in [0.717, 1.165) is 0 Å². The molecular weight excluding hydrogens is 130 g/mol. The molecule has 1 amide bonds. The van der Waals surface area contributed by atoms with Crippen molar-refractivity contribution in [2.24, 2.45) is 0 Å². The SMILES string of the molecule is CCN(C=O)S(=O)[O-]. The van der Waals surface area contributed by atoms with E-state index in [-0.39, 0.29) is 13.0 Å². The summed E-state index contributed by atoms with van der Waals surface area (Å²) in [6, 6.07) is 0. The highest BCUT2D eigenvalue weighted by Crippen LogP contribution is 1.82. The number of rotatable bonds is 3. The normalized spacial score (nSPS) is 12.8. The Labute approximate surface area is 49.9 Å². The molecule has 0 radical (unpaired) electrons. The molecule has 1 unspecified atom stereocenters. The molecule has 1 atom stereocenters. The van der Waals surface area contributed by atoms with Crippen LogP contribution >= 0.6 is 0 Å². The maximum atomic E-state index is 9.86. The number of carbonyl (C=O) groups is 1. The Hall–Kier alpha value is -0.420. The van der Waals surface area contributed by atoms with Crippen molar-refractivity contribution in [1.29, 1.82) is 0 Å². The summed E-state index contributed by atoms with van der Waals surface area (Å²) in [6.45, 7) is 1.77. The minimum Gasteiger partial charge on any atom is -0.755 e. The first kappa shape index (κ1) is 7.58. The van der Waals surface area contributed by atoms with Gasteiger partial charge in [0.05, 0.1) is 0 Å². The van der Waals surface area contributed by atoms with Crippen molar-refractivity contribution in [3.05, 3.63) is 0 Å². The van der Waals surface area contributed by atoms with Gasteiger partial charge in [0.15, 0.2) is 0 Å². The Balaban J connectivity index is 3.69. The molecule has 0 saturated carbocycles. The van der Waals surface area contributed by atoms with E-state index >= 15 is 0 Å². The van der Waals surface area contributed by atoms with Gasteiger partial charge in [-0.1, -0.05) is 0 Å². The zero-order valence-electron chi connectivity index (χ0n) is 4.36. The Morgan fingerprint density at radius 3 is 2.38 bits per heavy atom. The van der Waals surface area contributed by atoms with Crippen LogP contribution in [0.1, 0.15) is 6.92 Å². The van der Waals surface area contributed by atoms with Crippen LogP contribution < -0.4 is 0 Å². The van der Waals surface area contributed by atoms with Crippen LogP contribution in [0.2, 0.25) is 0 Å². The highest BCUT2D eigenvalue weighted by molar-refractivity contribution is 7.77. The van der Waals surface area contributed by atoms with Crippen LogP contribution in [0.25, 0.3) is 0 Å². The van der Waals surface area contributed by atoms with E-state index in [9.17, 15) is 13.6 Å². The summed E-state index contributed by atoms with van der Waals surface area (Å²) in [5.74, 6) is 0. The first-order valence-electron chi connectivity index (χ1n) is 2.03. The fraction of sp³-hybridized carbons (Fsp3) is 0.667. The van der Waals surface area contributed by atoms with Gasteiger partial charge >= 0.3 is 0 Å². The van der Waals surface area contributed by atoms with E-state index in [1.54, 1.807) is 6.92 Å². The summed E-state index contributed by atoms with van der Waals surface area (Å²) in [5, 5.41) is 0. The molecule has 0 fully saturated rings. The summed E-state index contributed by atoms with van der Waals surface area (Å²) >= 11 is -2.39. The third kappa shape index (κ3) is 2.04. The van der Waals surface area contributed by atoms with Crippen LogP contribution in [0.5, 0.6) is 0 Å². The van der Waals surface area contributed by atoms with E-state index in [1.165, 1.54) is 0 Å². The third-order valence-corrected chi connectivity index (χ3v) is 1.35. The van der Waals surface area contributed by atoms with E-state index in [4.69, 9.17) is 0 Å². The van der Waals surface area contributed by atoms with Crippen LogP contribution in [-0.2, 0) is 16.1 Å².